The maximum atomic E-state index is 13.0. The van der Waals surface area contributed by atoms with Gasteiger partial charge in [0.2, 0.25) is 0 Å². The van der Waals surface area contributed by atoms with Gasteiger partial charge in [0, 0.05) is 6.54 Å². The van der Waals surface area contributed by atoms with E-state index in [4.69, 9.17) is 9.47 Å². The zero-order chi connectivity index (χ0) is 25.7. The van der Waals surface area contributed by atoms with Crippen LogP contribution >= 0.6 is 11.8 Å². The normalized spacial score (nSPS) is 16.1. The number of thioether (sulfide) groups is 1. The Morgan fingerprint density at radius 1 is 1.00 bits per heavy atom. The second-order valence-electron chi connectivity index (χ2n) is 8.01. The zero-order valence-corrected chi connectivity index (χ0v) is 21.8. The van der Waals surface area contributed by atoms with Crippen molar-refractivity contribution in [3.05, 3.63) is 94.4 Å². The lowest BCUT2D eigenvalue weighted by Gasteiger charge is -2.12. The van der Waals surface area contributed by atoms with Crippen molar-refractivity contribution in [1.82, 2.24) is 4.90 Å². The predicted octanol–water partition coefficient (Wildman–Crippen LogP) is 5.26. The fraction of sp³-hybridized carbons (Fsp3) is 0.185. The van der Waals surface area contributed by atoms with Crippen molar-refractivity contribution < 1.29 is 22.7 Å². The third-order valence-corrected chi connectivity index (χ3v) is 7.85. The third kappa shape index (κ3) is 5.80. The number of aryl methyl sites for hydroxylation is 1. The SMILES string of the molecule is CCN1C(=O)/C(=C/c2ccc(OC)c(OCc3ccccc3)c2)SC1=NS(=O)(=O)c1ccc(C)cc1. The molecule has 1 saturated heterocycles. The molecule has 9 heteroatoms. The number of carbonyl (C=O) groups excluding carboxylic acids is 1. The van der Waals surface area contributed by atoms with Crippen LogP contribution in [0.5, 0.6) is 11.5 Å². The quantitative estimate of drug-likeness (QED) is 0.375. The lowest BCUT2D eigenvalue weighted by molar-refractivity contribution is -0.122. The monoisotopic (exact) mass is 522 g/mol. The molecule has 0 saturated carbocycles. The average Bonchev–Trinajstić information content (AvgIpc) is 3.16. The number of amidine groups is 1. The molecule has 0 unspecified atom stereocenters. The molecule has 4 rings (SSSR count). The van der Waals surface area contributed by atoms with E-state index in [2.05, 4.69) is 4.40 Å². The molecule has 36 heavy (non-hydrogen) atoms. The molecular formula is C27H26N2O5S2. The smallest absolute Gasteiger partial charge is 0.284 e. The lowest BCUT2D eigenvalue weighted by Crippen LogP contribution is -2.29. The van der Waals surface area contributed by atoms with E-state index in [-0.39, 0.29) is 16.0 Å². The molecule has 7 nitrogen and oxygen atoms in total. The molecule has 0 radical (unpaired) electrons. The van der Waals surface area contributed by atoms with Crippen LogP contribution in [-0.2, 0) is 21.4 Å². The maximum Gasteiger partial charge on any atom is 0.284 e. The molecule has 186 valence electrons. The summed E-state index contributed by atoms with van der Waals surface area (Å²) in [5.74, 6) is 0.803. The molecule has 1 fully saturated rings. The number of hydrogen-bond acceptors (Lipinski definition) is 6. The highest BCUT2D eigenvalue weighted by molar-refractivity contribution is 8.19. The van der Waals surface area contributed by atoms with E-state index >= 15 is 0 Å². The zero-order valence-electron chi connectivity index (χ0n) is 20.2. The molecule has 0 atom stereocenters. The molecule has 0 aromatic heterocycles. The van der Waals surface area contributed by atoms with Crippen molar-refractivity contribution in [3.63, 3.8) is 0 Å². The summed E-state index contributed by atoms with van der Waals surface area (Å²) < 4.78 is 41.1. The van der Waals surface area contributed by atoms with Gasteiger partial charge in [0.1, 0.15) is 6.61 Å². The molecule has 3 aromatic carbocycles. The van der Waals surface area contributed by atoms with Crippen LogP contribution in [0.1, 0.15) is 23.6 Å². The Kier molecular flexibility index (Phi) is 7.81. The van der Waals surface area contributed by atoms with Crippen molar-refractivity contribution in [2.45, 2.75) is 25.3 Å². The largest absolute Gasteiger partial charge is 0.493 e. The van der Waals surface area contributed by atoms with Gasteiger partial charge < -0.3 is 9.47 Å². The number of hydrogen-bond donors (Lipinski definition) is 0. The second kappa shape index (κ2) is 11.0. The molecule has 1 aliphatic rings. The Morgan fingerprint density at radius 3 is 2.39 bits per heavy atom. The van der Waals surface area contributed by atoms with E-state index in [1.54, 1.807) is 44.4 Å². The summed E-state index contributed by atoms with van der Waals surface area (Å²) in [4.78, 5) is 14.9. The number of rotatable bonds is 8. The van der Waals surface area contributed by atoms with Crippen LogP contribution in [0, 0.1) is 6.92 Å². The fourth-order valence-corrected chi connectivity index (χ4v) is 5.75. The van der Waals surface area contributed by atoms with Gasteiger partial charge in [-0.2, -0.15) is 8.42 Å². The Balaban J connectivity index is 1.61. The molecular weight excluding hydrogens is 496 g/mol. The molecule has 0 aliphatic carbocycles. The molecule has 1 aliphatic heterocycles. The number of sulfonamides is 1. The molecule has 1 heterocycles. The van der Waals surface area contributed by atoms with E-state index in [0.717, 1.165) is 22.9 Å². The van der Waals surface area contributed by atoms with Gasteiger partial charge in [-0.15, -0.1) is 4.40 Å². The van der Waals surface area contributed by atoms with Gasteiger partial charge in [0.25, 0.3) is 15.9 Å². The first-order valence-corrected chi connectivity index (χ1v) is 13.5. The number of methoxy groups -OCH3 is 1. The number of benzene rings is 3. The van der Waals surface area contributed by atoms with Crippen molar-refractivity contribution in [2.75, 3.05) is 13.7 Å². The fourth-order valence-electron chi connectivity index (χ4n) is 3.50. The van der Waals surface area contributed by atoms with E-state index in [0.29, 0.717) is 35.1 Å². The molecule has 1 amide bonds. The predicted molar refractivity (Wildman–Crippen MR) is 143 cm³/mol. The van der Waals surface area contributed by atoms with E-state index in [9.17, 15) is 13.2 Å². The number of likely N-dealkylation sites (N-methyl/N-ethyl adjacent to an activating group) is 1. The lowest BCUT2D eigenvalue weighted by atomic mass is 10.1. The van der Waals surface area contributed by atoms with Crippen LogP contribution in [0.3, 0.4) is 0 Å². The van der Waals surface area contributed by atoms with Crippen molar-refractivity contribution >= 4 is 38.9 Å². The van der Waals surface area contributed by atoms with Gasteiger partial charge in [0.15, 0.2) is 16.7 Å². The minimum absolute atomic E-state index is 0.0810. The third-order valence-electron chi connectivity index (χ3n) is 5.44. The molecule has 0 spiro atoms. The first-order chi connectivity index (χ1) is 17.3. The Morgan fingerprint density at radius 2 is 1.72 bits per heavy atom. The van der Waals surface area contributed by atoms with Crippen LogP contribution < -0.4 is 9.47 Å². The van der Waals surface area contributed by atoms with Crippen LogP contribution in [0.2, 0.25) is 0 Å². The number of carbonyl (C=O) groups is 1. The van der Waals surface area contributed by atoms with Gasteiger partial charge in [-0.3, -0.25) is 9.69 Å². The van der Waals surface area contributed by atoms with Gasteiger partial charge >= 0.3 is 0 Å². The number of nitrogens with zero attached hydrogens (tertiary/aromatic N) is 2. The van der Waals surface area contributed by atoms with Gasteiger partial charge in [-0.05, 0) is 67.1 Å². The van der Waals surface area contributed by atoms with Crippen LogP contribution in [0.15, 0.2) is 87.0 Å². The van der Waals surface area contributed by atoms with Crippen LogP contribution in [0.4, 0.5) is 0 Å². The van der Waals surface area contributed by atoms with Gasteiger partial charge in [-0.25, -0.2) is 0 Å². The Hall–Kier alpha value is -3.56. The molecule has 0 N–H and O–H groups in total. The van der Waals surface area contributed by atoms with Crippen molar-refractivity contribution in [1.29, 1.82) is 0 Å². The molecule has 0 bridgehead atoms. The Bertz CT molecular complexity index is 1420. The van der Waals surface area contributed by atoms with Crippen LogP contribution in [-0.4, -0.2) is 38.0 Å². The van der Waals surface area contributed by atoms with E-state index in [1.165, 1.54) is 17.0 Å². The van der Waals surface area contributed by atoms with E-state index < -0.39 is 10.0 Å². The maximum absolute atomic E-state index is 13.0. The standard InChI is InChI=1S/C27H26N2O5S2/c1-4-29-26(30)25(35-27(29)28-36(31,32)22-13-10-19(2)11-14-22)17-21-12-15-23(33-3)24(16-21)34-18-20-8-6-5-7-9-20/h5-17H,4,18H2,1-3H3/b25-17-,28-27?. The number of ether oxygens (including phenoxy) is 2. The summed E-state index contributed by atoms with van der Waals surface area (Å²) in [5, 5.41) is 0.128. The second-order valence-corrected chi connectivity index (χ2v) is 10.6. The summed E-state index contributed by atoms with van der Waals surface area (Å²) >= 11 is 1.03. The van der Waals surface area contributed by atoms with Gasteiger partial charge in [-0.1, -0.05) is 54.1 Å². The summed E-state index contributed by atoms with van der Waals surface area (Å²) in [5.41, 5.74) is 2.67. The average molecular weight is 523 g/mol. The highest BCUT2D eigenvalue weighted by Crippen LogP contribution is 2.35. The highest BCUT2D eigenvalue weighted by Gasteiger charge is 2.34. The van der Waals surface area contributed by atoms with Crippen molar-refractivity contribution in [2.24, 2.45) is 4.40 Å². The molecule has 3 aromatic rings. The first-order valence-electron chi connectivity index (χ1n) is 11.3. The summed E-state index contributed by atoms with van der Waals surface area (Å²) in [7, 11) is -2.40. The first kappa shape index (κ1) is 25.5. The van der Waals surface area contributed by atoms with E-state index in [1.807, 2.05) is 43.3 Å². The summed E-state index contributed by atoms with van der Waals surface area (Å²) in [6, 6.07) is 21.6. The Labute approximate surface area is 215 Å². The highest BCUT2D eigenvalue weighted by atomic mass is 32.2. The summed E-state index contributed by atoms with van der Waals surface area (Å²) in [6.07, 6.45) is 1.70. The minimum atomic E-state index is -3.96. The topological polar surface area (TPSA) is 85.3 Å². The van der Waals surface area contributed by atoms with Crippen molar-refractivity contribution in [3.8, 4) is 11.5 Å². The minimum Gasteiger partial charge on any atom is -0.493 e. The van der Waals surface area contributed by atoms with Gasteiger partial charge in [0.05, 0.1) is 16.9 Å². The summed E-state index contributed by atoms with van der Waals surface area (Å²) in [6.45, 7) is 4.31. The number of amides is 1. The van der Waals surface area contributed by atoms with Crippen LogP contribution in [0.25, 0.3) is 6.08 Å².